The van der Waals surface area contributed by atoms with Crippen molar-refractivity contribution in [2.45, 2.75) is 27.2 Å². The molecule has 0 heterocycles. The van der Waals surface area contributed by atoms with Gasteiger partial charge in [-0.25, -0.2) is 11.6 Å². The largest absolute Gasteiger partial charge is 4.00 e. The molecule has 0 aromatic rings. The summed E-state index contributed by atoms with van der Waals surface area (Å²) < 4.78 is 0. The Morgan fingerprint density at radius 2 is 1.21 bits per heavy atom. The number of rotatable bonds is 0. The van der Waals surface area contributed by atoms with Crippen molar-refractivity contribution in [2.24, 2.45) is 5.41 Å². The third kappa shape index (κ3) is 27.4. The van der Waals surface area contributed by atoms with E-state index in [1.807, 2.05) is 0 Å². The third-order valence-corrected chi connectivity index (χ3v) is 1.50. The van der Waals surface area contributed by atoms with Crippen LogP contribution in [0.3, 0.4) is 0 Å². The first-order valence-electron chi connectivity index (χ1n) is 6.07. The van der Waals surface area contributed by atoms with Crippen LogP contribution in [-0.4, -0.2) is 42.3 Å². The molecule has 0 N–H and O–H groups in total. The van der Waals surface area contributed by atoms with E-state index in [9.17, 15) is 0 Å². The van der Waals surface area contributed by atoms with Crippen molar-refractivity contribution in [3.63, 3.8) is 0 Å². The summed E-state index contributed by atoms with van der Waals surface area (Å²) in [5.74, 6) is 0. The smallest absolute Gasteiger partial charge is 0.668 e. The van der Waals surface area contributed by atoms with Crippen LogP contribution in [0.4, 0.5) is 0 Å². The first kappa shape index (κ1) is 27.6. The van der Waals surface area contributed by atoms with Gasteiger partial charge in [0.05, 0.1) is 0 Å². The molecular weight excluding hydrogens is 401 g/mol. The summed E-state index contributed by atoms with van der Waals surface area (Å²) in [5, 5.41) is 10.5. The van der Waals surface area contributed by atoms with E-state index >= 15 is 0 Å². The summed E-state index contributed by atoms with van der Waals surface area (Å²) >= 11 is 0. The van der Waals surface area contributed by atoms with Gasteiger partial charge in [0.2, 0.25) is 0 Å². The fourth-order valence-electron chi connectivity index (χ4n) is 0.920. The Morgan fingerprint density at radius 1 is 0.895 bits per heavy atom. The molecule has 4 heteroatoms. The molecule has 0 atom stereocenters. The minimum Gasteiger partial charge on any atom is -0.668 e. The molecule has 0 spiro atoms. The Kier molecular flexibility index (Phi) is 29.8. The van der Waals surface area contributed by atoms with Gasteiger partial charge in [-0.1, -0.05) is 20.8 Å². The van der Waals surface area contributed by atoms with E-state index < -0.39 is 0 Å². The first-order chi connectivity index (χ1) is 8.35. The number of allylic oxidation sites excluding steroid dienone is 4. The van der Waals surface area contributed by atoms with Gasteiger partial charge in [-0.2, -0.15) is 48.4 Å². The van der Waals surface area contributed by atoms with Gasteiger partial charge in [0.1, 0.15) is 0 Å². The Balaban J connectivity index is -0.0000000956. The third-order valence-electron chi connectivity index (χ3n) is 1.50. The van der Waals surface area contributed by atoms with Crippen LogP contribution in [0.5, 0.6) is 0 Å². The summed E-state index contributed by atoms with van der Waals surface area (Å²) in [7, 11) is 10.5. The monoisotopic (exact) mass is 433 g/mol. The van der Waals surface area contributed by atoms with Crippen LogP contribution in [0, 0.1) is 11.5 Å². The van der Waals surface area contributed by atoms with Crippen molar-refractivity contribution in [2.75, 3.05) is 42.3 Å². The molecule has 0 saturated heterocycles. The first-order valence-corrected chi connectivity index (χ1v) is 6.07. The minimum atomic E-state index is 0. The zero-order chi connectivity index (χ0) is 15.0. The fourth-order valence-corrected chi connectivity index (χ4v) is 0.920. The molecule has 1 aliphatic carbocycles. The molecule has 0 aromatic carbocycles. The molecule has 0 fully saturated rings. The van der Waals surface area contributed by atoms with Crippen molar-refractivity contribution in [3.05, 3.63) is 39.8 Å². The Morgan fingerprint density at radius 3 is 1.32 bits per heavy atom. The van der Waals surface area contributed by atoms with Crippen molar-refractivity contribution < 1.29 is 25.8 Å². The molecule has 0 aromatic heterocycles. The number of nitrogens with zero attached hydrogens (tertiary/aromatic N) is 3. The number of hydrogen-bond donors (Lipinski definition) is 0. The molecule has 0 saturated carbocycles. The SMILES string of the molecule is CC(C)(C)C1=[C-]CC=C1.C[N-]C.C[N-]C.C[N-]C.[Hf+4]. The number of hydrogen-bond acceptors (Lipinski definition) is 0. The molecule has 0 aliphatic heterocycles. The van der Waals surface area contributed by atoms with Crippen LogP contribution in [0.1, 0.15) is 27.2 Å². The summed E-state index contributed by atoms with van der Waals surface area (Å²) in [4.78, 5) is 0. The van der Waals surface area contributed by atoms with Crippen LogP contribution >= 0.6 is 0 Å². The van der Waals surface area contributed by atoms with E-state index in [1.165, 1.54) is 5.57 Å². The van der Waals surface area contributed by atoms with E-state index in [0.29, 0.717) is 5.41 Å². The second-order valence-corrected chi connectivity index (χ2v) is 4.79. The molecule has 19 heavy (non-hydrogen) atoms. The Bertz CT molecular complexity index is 201. The van der Waals surface area contributed by atoms with Gasteiger partial charge in [-0.15, -0.1) is 6.42 Å². The standard InChI is InChI=1S/C9H13.3C2H6N.Hf/c1-9(2,3)8-6-4-5-7-8;3*1-3-2;/h4,6H,5H2,1-3H3;3*1-2H3;/q4*-1;+4. The second-order valence-electron chi connectivity index (χ2n) is 4.79. The van der Waals surface area contributed by atoms with E-state index in [-0.39, 0.29) is 25.8 Å². The van der Waals surface area contributed by atoms with E-state index in [0.717, 1.165) is 6.42 Å². The van der Waals surface area contributed by atoms with Crippen molar-refractivity contribution in [1.82, 2.24) is 0 Å². The molecule has 1 aliphatic rings. The topological polar surface area (TPSA) is 42.3 Å². The minimum absolute atomic E-state index is 0. The van der Waals surface area contributed by atoms with Crippen LogP contribution in [0.15, 0.2) is 17.7 Å². The van der Waals surface area contributed by atoms with Crippen LogP contribution in [0.2, 0.25) is 0 Å². The quantitative estimate of drug-likeness (QED) is 0.398. The second kappa shape index (κ2) is 20.5. The Labute approximate surface area is 140 Å². The predicted molar refractivity (Wildman–Crippen MR) is 85.6 cm³/mol. The van der Waals surface area contributed by atoms with E-state index in [4.69, 9.17) is 0 Å². The molecular formula is C15H31HfN3. The summed E-state index contributed by atoms with van der Waals surface area (Å²) in [6.07, 6.45) is 8.63. The van der Waals surface area contributed by atoms with Crippen molar-refractivity contribution >= 4 is 0 Å². The average molecular weight is 432 g/mol. The molecule has 0 amide bonds. The fraction of sp³-hybridized carbons (Fsp3) is 0.733. The zero-order valence-corrected chi connectivity index (χ0v) is 17.8. The maximum Gasteiger partial charge on any atom is 4.00 e. The van der Waals surface area contributed by atoms with Gasteiger partial charge in [0.25, 0.3) is 0 Å². The summed E-state index contributed by atoms with van der Waals surface area (Å²) in [6, 6.07) is 0. The maximum atomic E-state index is 3.50. The van der Waals surface area contributed by atoms with Crippen LogP contribution in [0.25, 0.3) is 16.0 Å². The molecule has 0 radical (unpaired) electrons. The molecule has 1 rings (SSSR count). The van der Waals surface area contributed by atoms with Crippen LogP contribution in [-0.2, 0) is 25.8 Å². The van der Waals surface area contributed by atoms with E-state index in [2.05, 4.69) is 54.9 Å². The van der Waals surface area contributed by atoms with Crippen molar-refractivity contribution in [3.8, 4) is 0 Å². The molecule has 110 valence electrons. The van der Waals surface area contributed by atoms with Crippen LogP contribution < -0.4 is 0 Å². The Hall–Kier alpha value is 0.230. The van der Waals surface area contributed by atoms with Gasteiger partial charge in [-0.3, -0.25) is 6.08 Å². The zero-order valence-electron chi connectivity index (χ0n) is 14.2. The summed E-state index contributed by atoms with van der Waals surface area (Å²) in [5.41, 5.74) is 1.65. The van der Waals surface area contributed by atoms with Gasteiger partial charge in [0.15, 0.2) is 0 Å². The van der Waals surface area contributed by atoms with Gasteiger partial charge in [0, 0.05) is 0 Å². The predicted octanol–water partition coefficient (Wildman–Crippen LogP) is 4.58. The van der Waals surface area contributed by atoms with Crippen molar-refractivity contribution in [1.29, 1.82) is 0 Å². The average Bonchev–Trinajstić information content (AvgIpc) is 2.72. The molecule has 0 unspecified atom stereocenters. The molecule has 3 nitrogen and oxygen atoms in total. The maximum absolute atomic E-state index is 3.50. The molecule has 0 bridgehead atoms. The van der Waals surface area contributed by atoms with Gasteiger partial charge < -0.3 is 16.0 Å². The summed E-state index contributed by atoms with van der Waals surface area (Å²) in [6.45, 7) is 6.64. The normalized spacial score (nSPS) is 11.5. The van der Waals surface area contributed by atoms with Gasteiger partial charge in [-0.05, 0) is 5.41 Å². The van der Waals surface area contributed by atoms with Gasteiger partial charge >= 0.3 is 25.8 Å². The van der Waals surface area contributed by atoms with E-state index in [1.54, 1.807) is 42.3 Å².